The van der Waals surface area contributed by atoms with Crippen molar-refractivity contribution in [2.75, 3.05) is 6.54 Å². The lowest BCUT2D eigenvalue weighted by atomic mass is 9.95. The minimum absolute atomic E-state index is 0.981. The van der Waals surface area contributed by atoms with E-state index in [9.17, 15) is 0 Å². The van der Waals surface area contributed by atoms with Crippen molar-refractivity contribution in [1.29, 1.82) is 0 Å². The van der Waals surface area contributed by atoms with Crippen LogP contribution < -0.4 is 5.32 Å². The van der Waals surface area contributed by atoms with Crippen LogP contribution in [0.1, 0.15) is 37.0 Å². The summed E-state index contributed by atoms with van der Waals surface area (Å²) < 4.78 is 0. The van der Waals surface area contributed by atoms with Crippen LogP contribution in [0.25, 0.3) is 5.57 Å². The number of hydrogen-bond acceptors (Lipinski definition) is 1. The molecule has 1 heteroatoms. The topological polar surface area (TPSA) is 12.0 Å². The van der Waals surface area contributed by atoms with E-state index in [2.05, 4.69) is 50.9 Å². The number of benzene rings is 1. The highest BCUT2D eigenvalue weighted by Crippen LogP contribution is 2.36. The fourth-order valence-corrected chi connectivity index (χ4v) is 2.50. The summed E-state index contributed by atoms with van der Waals surface area (Å²) in [4.78, 5) is 0. The van der Waals surface area contributed by atoms with E-state index in [1.165, 1.54) is 35.2 Å². The molecular formula is C16H23N. The first-order valence-corrected chi connectivity index (χ1v) is 6.61. The van der Waals surface area contributed by atoms with Gasteiger partial charge in [-0.1, -0.05) is 37.3 Å². The molecule has 92 valence electrons. The zero-order valence-corrected chi connectivity index (χ0v) is 11.2. The zero-order chi connectivity index (χ0) is 12.4. The van der Waals surface area contributed by atoms with E-state index in [0.29, 0.717) is 0 Å². The van der Waals surface area contributed by atoms with Crippen LogP contribution in [0.4, 0.5) is 0 Å². The van der Waals surface area contributed by atoms with Crippen molar-refractivity contribution < 1.29 is 0 Å². The van der Waals surface area contributed by atoms with Gasteiger partial charge < -0.3 is 5.32 Å². The monoisotopic (exact) mass is 229 g/mol. The number of allylic oxidation sites excluding steroid dienone is 1. The third-order valence-corrected chi connectivity index (χ3v) is 3.73. The molecule has 1 heterocycles. The molecule has 1 saturated carbocycles. The van der Waals surface area contributed by atoms with E-state index < -0.39 is 0 Å². The first kappa shape index (κ1) is 12.4. The van der Waals surface area contributed by atoms with Gasteiger partial charge in [0, 0.05) is 6.04 Å². The normalized spacial score (nSPS) is 23.9. The summed E-state index contributed by atoms with van der Waals surface area (Å²) in [6.45, 7) is 11.7. The van der Waals surface area contributed by atoms with Crippen LogP contribution in [-0.4, -0.2) is 12.6 Å². The minimum atomic E-state index is 0.981. The molecule has 0 aromatic heterocycles. The van der Waals surface area contributed by atoms with Crippen LogP contribution in [-0.2, 0) is 6.42 Å². The van der Waals surface area contributed by atoms with E-state index in [0.717, 1.165) is 18.4 Å². The van der Waals surface area contributed by atoms with Crippen LogP contribution >= 0.6 is 0 Å². The predicted octanol–water partition coefficient (Wildman–Crippen LogP) is 3.57. The fourth-order valence-electron chi connectivity index (χ4n) is 2.50. The molecule has 1 N–H and O–H groups in total. The Morgan fingerprint density at radius 3 is 2.47 bits per heavy atom. The second-order valence-electron chi connectivity index (χ2n) is 5.25. The first-order valence-electron chi connectivity index (χ1n) is 6.61. The summed E-state index contributed by atoms with van der Waals surface area (Å²) >= 11 is 0. The van der Waals surface area contributed by atoms with Crippen LogP contribution in [0.3, 0.4) is 0 Å². The van der Waals surface area contributed by atoms with Crippen molar-refractivity contribution in [2.45, 2.75) is 39.7 Å². The largest absolute Gasteiger partial charge is 0.313 e. The van der Waals surface area contributed by atoms with Crippen molar-refractivity contribution in [3.05, 3.63) is 41.5 Å². The molecule has 0 bridgehead atoms. The van der Waals surface area contributed by atoms with Crippen LogP contribution in [0, 0.1) is 12.8 Å². The Kier molecular flexibility index (Phi) is 3.68. The molecule has 0 amide bonds. The number of rotatable bonds is 2. The molecule has 1 aliphatic carbocycles. The highest BCUT2D eigenvalue weighted by molar-refractivity contribution is 5.67. The van der Waals surface area contributed by atoms with E-state index in [1.54, 1.807) is 0 Å². The standard InChI is InChI=1S/C12H16.C4H7N/c1-5-11-8-6-7-10(4)12(11)9(2)3;1-3-2-5-4(1)3/h6-8H,2,5H2,1,3-4H3;3-5H,1-2H2. The smallest absolute Gasteiger partial charge is 0.0112 e. The summed E-state index contributed by atoms with van der Waals surface area (Å²) in [7, 11) is 0. The van der Waals surface area contributed by atoms with Gasteiger partial charge in [0.25, 0.3) is 0 Å². The highest BCUT2D eigenvalue weighted by atomic mass is 15.1. The molecule has 1 aromatic rings. The summed E-state index contributed by atoms with van der Waals surface area (Å²) in [5, 5.41) is 3.28. The van der Waals surface area contributed by atoms with Gasteiger partial charge >= 0.3 is 0 Å². The van der Waals surface area contributed by atoms with Gasteiger partial charge in [-0.2, -0.15) is 0 Å². The van der Waals surface area contributed by atoms with E-state index >= 15 is 0 Å². The molecule has 0 spiro atoms. The third kappa shape index (κ3) is 2.78. The Hall–Kier alpha value is -1.08. The Balaban J connectivity index is 0.000000174. The molecule has 0 radical (unpaired) electrons. The third-order valence-electron chi connectivity index (χ3n) is 3.73. The Bertz CT molecular complexity index is 408. The Labute approximate surface area is 105 Å². The summed E-state index contributed by atoms with van der Waals surface area (Å²) in [5.74, 6) is 1.12. The number of hydrogen-bond donors (Lipinski definition) is 1. The van der Waals surface area contributed by atoms with Crippen molar-refractivity contribution in [2.24, 2.45) is 5.92 Å². The lowest BCUT2D eigenvalue weighted by molar-refractivity contribution is 0.506. The van der Waals surface area contributed by atoms with E-state index in [4.69, 9.17) is 0 Å². The maximum absolute atomic E-state index is 3.99. The molecule has 1 nitrogen and oxygen atoms in total. The molecule has 2 unspecified atom stereocenters. The first-order chi connectivity index (χ1) is 8.13. The quantitative estimate of drug-likeness (QED) is 0.817. The molecule has 2 fully saturated rings. The predicted molar refractivity (Wildman–Crippen MR) is 75.2 cm³/mol. The minimum Gasteiger partial charge on any atom is -0.313 e. The van der Waals surface area contributed by atoms with Gasteiger partial charge in [0.05, 0.1) is 0 Å². The second-order valence-corrected chi connectivity index (χ2v) is 5.25. The maximum Gasteiger partial charge on any atom is 0.0112 e. The molecule has 1 aliphatic heterocycles. The molecule has 17 heavy (non-hydrogen) atoms. The Morgan fingerprint density at radius 1 is 1.47 bits per heavy atom. The summed E-state index contributed by atoms with van der Waals surface area (Å²) in [5.41, 5.74) is 5.26. The Morgan fingerprint density at radius 2 is 2.18 bits per heavy atom. The molecule has 3 rings (SSSR count). The van der Waals surface area contributed by atoms with Gasteiger partial charge in [0.2, 0.25) is 0 Å². The van der Waals surface area contributed by atoms with Crippen molar-refractivity contribution in [1.82, 2.24) is 5.32 Å². The van der Waals surface area contributed by atoms with Crippen molar-refractivity contribution >= 4 is 5.57 Å². The maximum atomic E-state index is 3.99. The van der Waals surface area contributed by atoms with Crippen LogP contribution in [0.5, 0.6) is 0 Å². The van der Waals surface area contributed by atoms with Gasteiger partial charge in [-0.25, -0.2) is 0 Å². The number of aryl methyl sites for hydroxylation is 2. The lowest BCUT2D eigenvalue weighted by Crippen LogP contribution is -2.32. The zero-order valence-electron chi connectivity index (χ0n) is 11.2. The number of fused-ring (bicyclic) bond motifs is 1. The highest BCUT2D eigenvalue weighted by Gasteiger charge is 2.44. The molecular weight excluding hydrogens is 206 g/mol. The van der Waals surface area contributed by atoms with Crippen molar-refractivity contribution in [3.63, 3.8) is 0 Å². The SMILES string of the molecule is C1NC2CC12.C=C(C)c1c(C)cccc1CC. The van der Waals surface area contributed by atoms with E-state index in [-0.39, 0.29) is 0 Å². The van der Waals surface area contributed by atoms with Crippen LogP contribution in [0.2, 0.25) is 0 Å². The molecule has 2 aliphatic rings. The van der Waals surface area contributed by atoms with Gasteiger partial charge in [-0.05, 0) is 55.8 Å². The fraction of sp³-hybridized carbons (Fsp3) is 0.500. The van der Waals surface area contributed by atoms with Gasteiger partial charge in [0.1, 0.15) is 0 Å². The van der Waals surface area contributed by atoms with E-state index in [1.807, 2.05) is 0 Å². The summed E-state index contributed by atoms with van der Waals surface area (Å²) in [6, 6.07) is 7.41. The average Bonchev–Trinajstić information content (AvgIpc) is 2.85. The number of nitrogens with one attached hydrogen (secondary N) is 1. The molecule has 2 atom stereocenters. The van der Waals surface area contributed by atoms with Crippen LogP contribution in [0.15, 0.2) is 24.8 Å². The average molecular weight is 229 g/mol. The lowest BCUT2D eigenvalue weighted by Gasteiger charge is -2.10. The molecule has 1 aromatic carbocycles. The summed E-state index contributed by atoms with van der Waals surface area (Å²) in [6.07, 6.45) is 2.56. The van der Waals surface area contributed by atoms with Gasteiger partial charge in [-0.15, -0.1) is 0 Å². The second kappa shape index (κ2) is 5.05. The van der Waals surface area contributed by atoms with Crippen molar-refractivity contribution in [3.8, 4) is 0 Å². The molecule has 1 saturated heterocycles. The van der Waals surface area contributed by atoms with Gasteiger partial charge in [-0.3, -0.25) is 0 Å². The van der Waals surface area contributed by atoms with Gasteiger partial charge in [0.15, 0.2) is 0 Å².